The van der Waals surface area contributed by atoms with E-state index in [1.807, 2.05) is 0 Å². The first-order valence-electron chi connectivity index (χ1n) is 10.2. The van der Waals surface area contributed by atoms with Crippen molar-refractivity contribution in [2.75, 3.05) is 0 Å². The molecule has 186 valence electrons. The van der Waals surface area contributed by atoms with Crippen molar-refractivity contribution in [3.05, 3.63) is 113 Å². The fraction of sp³-hybridized carbons (Fsp3) is 0.0769. The molecular formula is C26H13F9O. The zero-order chi connectivity index (χ0) is 26.4. The molecule has 10 heteroatoms. The Morgan fingerprint density at radius 3 is 1.61 bits per heavy atom. The molecule has 4 rings (SSSR count). The number of hydrogen-bond acceptors (Lipinski definition) is 1. The van der Waals surface area contributed by atoms with Crippen LogP contribution in [0.2, 0.25) is 0 Å². The van der Waals surface area contributed by atoms with Crippen LogP contribution in [-0.2, 0) is 6.11 Å². The second kappa shape index (κ2) is 9.25. The van der Waals surface area contributed by atoms with E-state index in [4.69, 9.17) is 0 Å². The van der Waals surface area contributed by atoms with E-state index in [2.05, 4.69) is 4.74 Å². The Bertz CT molecular complexity index is 1440. The summed E-state index contributed by atoms with van der Waals surface area (Å²) in [5.41, 5.74) is -2.28. The van der Waals surface area contributed by atoms with Gasteiger partial charge in [0.1, 0.15) is 11.3 Å². The second-order valence-electron chi connectivity index (χ2n) is 7.76. The summed E-state index contributed by atoms with van der Waals surface area (Å²) in [6.45, 7) is 1.79. The molecule has 1 nitrogen and oxygen atoms in total. The van der Waals surface area contributed by atoms with Gasteiger partial charge < -0.3 is 4.74 Å². The second-order valence-corrected chi connectivity index (χ2v) is 7.76. The summed E-state index contributed by atoms with van der Waals surface area (Å²) >= 11 is 0. The largest absolute Gasteiger partial charge is 0.429 e. The van der Waals surface area contributed by atoms with Crippen LogP contribution in [0.25, 0.3) is 22.3 Å². The van der Waals surface area contributed by atoms with Gasteiger partial charge in [0, 0.05) is 28.8 Å². The van der Waals surface area contributed by atoms with Gasteiger partial charge in [0.2, 0.25) is 0 Å². The van der Waals surface area contributed by atoms with Gasteiger partial charge in [-0.3, -0.25) is 0 Å². The van der Waals surface area contributed by atoms with Crippen molar-refractivity contribution < 1.29 is 44.3 Å². The molecule has 4 aromatic carbocycles. The van der Waals surface area contributed by atoms with Gasteiger partial charge in [0.05, 0.1) is 0 Å². The van der Waals surface area contributed by atoms with E-state index in [1.165, 1.54) is 12.1 Å². The van der Waals surface area contributed by atoms with Gasteiger partial charge in [-0.05, 0) is 18.6 Å². The Kier molecular flexibility index (Phi) is 6.46. The van der Waals surface area contributed by atoms with Gasteiger partial charge in [-0.2, -0.15) is 8.78 Å². The Morgan fingerprint density at radius 2 is 1.03 bits per heavy atom. The normalized spacial score (nSPS) is 11.6. The molecule has 4 aromatic rings. The molecule has 0 radical (unpaired) electrons. The van der Waals surface area contributed by atoms with Crippen LogP contribution in [0.1, 0.15) is 11.1 Å². The summed E-state index contributed by atoms with van der Waals surface area (Å²) in [4.78, 5) is 0. The van der Waals surface area contributed by atoms with Gasteiger partial charge in [0.15, 0.2) is 40.7 Å². The summed E-state index contributed by atoms with van der Waals surface area (Å²) in [6, 6.07) is 9.55. The van der Waals surface area contributed by atoms with E-state index in [1.54, 1.807) is 19.1 Å². The highest BCUT2D eigenvalue weighted by atomic mass is 19.3. The van der Waals surface area contributed by atoms with Gasteiger partial charge in [-0.15, -0.1) is 0 Å². The third kappa shape index (κ3) is 4.50. The molecule has 0 heterocycles. The average molecular weight is 512 g/mol. The van der Waals surface area contributed by atoms with Gasteiger partial charge >= 0.3 is 6.11 Å². The van der Waals surface area contributed by atoms with Crippen molar-refractivity contribution >= 4 is 0 Å². The SMILES string of the molecule is Cc1ccc(-c2ccc(-c3ccc(C(F)(F)Oc4cc(F)c(F)c(F)c4)c(F)c3F)c(F)c2F)cc1. The minimum atomic E-state index is -4.68. The maximum absolute atomic E-state index is 14.8. The third-order valence-corrected chi connectivity index (χ3v) is 5.33. The number of alkyl halides is 2. The molecule has 0 aliphatic heterocycles. The van der Waals surface area contributed by atoms with Crippen molar-refractivity contribution in [3.8, 4) is 28.0 Å². The first-order valence-corrected chi connectivity index (χ1v) is 10.2. The van der Waals surface area contributed by atoms with Crippen LogP contribution >= 0.6 is 0 Å². The van der Waals surface area contributed by atoms with E-state index >= 15 is 0 Å². The van der Waals surface area contributed by atoms with Crippen molar-refractivity contribution in [3.63, 3.8) is 0 Å². The van der Waals surface area contributed by atoms with Crippen LogP contribution in [0.5, 0.6) is 5.75 Å². The fourth-order valence-electron chi connectivity index (χ4n) is 3.49. The van der Waals surface area contributed by atoms with E-state index < -0.39 is 69.3 Å². The highest BCUT2D eigenvalue weighted by Gasteiger charge is 2.40. The Labute approximate surface area is 198 Å². The molecule has 0 unspecified atom stereocenters. The molecule has 0 spiro atoms. The van der Waals surface area contributed by atoms with E-state index in [-0.39, 0.29) is 17.7 Å². The summed E-state index contributed by atoms with van der Waals surface area (Å²) in [7, 11) is 0. The molecule has 0 N–H and O–H groups in total. The summed E-state index contributed by atoms with van der Waals surface area (Å²) in [6.07, 6.45) is -4.68. The quantitative estimate of drug-likeness (QED) is 0.193. The van der Waals surface area contributed by atoms with Crippen LogP contribution in [-0.4, -0.2) is 0 Å². The first-order chi connectivity index (χ1) is 16.9. The highest BCUT2D eigenvalue weighted by Crippen LogP contribution is 2.39. The van der Waals surface area contributed by atoms with E-state index in [9.17, 15) is 39.5 Å². The Hall–Kier alpha value is -3.95. The van der Waals surface area contributed by atoms with Gasteiger partial charge in [-0.25, -0.2) is 30.7 Å². The predicted molar refractivity (Wildman–Crippen MR) is 113 cm³/mol. The minimum absolute atomic E-state index is 0.0860. The average Bonchev–Trinajstić information content (AvgIpc) is 2.81. The maximum Gasteiger partial charge on any atom is 0.429 e. The zero-order valence-corrected chi connectivity index (χ0v) is 18.1. The Morgan fingerprint density at radius 1 is 0.556 bits per heavy atom. The lowest BCUT2D eigenvalue weighted by molar-refractivity contribution is -0.187. The first kappa shape index (κ1) is 25.2. The monoisotopic (exact) mass is 512 g/mol. The van der Waals surface area contributed by atoms with Crippen LogP contribution in [0, 0.1) is 47.6 Å². The predicted octanol–water partition coefficient (Wildman–Crippen LogP) is 8.43. The number of hydrogen-bond donors (Lipinski definition) is 0. The number of benzene rings is 4. The van der Waals surface area contributed by atoms with Crippen molar-refractivity contribution in [2.24, 2.45) is 0 Å². The summed E-state index contributed by atoms with van der Waals surface area (Å²) in [5, 5.41) is 0. The zero-order valence-electron chi connectivity index (χ0n) is 18.1. The van der Waals surface area contributed by atoms with Crippen LogP contribution in [0.15, 0.2) is 60.7 Å². The maximum atomic E-state index is 14.8. The van der Waals surface area contributed by atoms with Crippen LogP contribution in [0.3, 0.4) is 0 Å². The molecule has 0 amide bonds. The number of ether oxygens (including phenoxy) is 1. The molecule has 0 fully saturated rings. The third-order valence-electron chi connectivity index (χ3n) is 5.33. The molecule has 0 aromatic heterocycles. The standard InChI is InChI=1S/C26H13F9O/c1-12-2-4-13(5-3-12)15-6-7-16(22(30)21(15)29)17-8-9-18(24(32)23(17)31)26(34,35)36-14-10-19(27)25(33)20(28)11-14/h2-11H,1H3. The van der Waals surface area contributed by atoms with Crippen molar-refractivity contribution in [1.29, 1.82) is 0 Å². The Balaban J connectivity index is 1.71. The molecule has 0 bridgehead atoms. The molecule has 0 aliphatic rings. The lowest BCUT2D eigenvalue weighted by Gasteiger charge is -2.20. The molecule has 0 saturated heterocycles. The smallest absolute Gasteiger partial charge is 0.429 e. The molecule has 0 atom stereocenters. The van der Waals surface area contributed by atoms with Crippen LogP contribution in [0.4, 0.5) is 39.5 Å². The summed E-state index contributed by atoms with van der Waals surface area (Å²) < 4.78 is 132. The molecule has 0 saturated carbocycles. The van der Waals surface area contributed by atoms with Crippen molar-refractivity contribution in [2.45, 2.75) is 13.0 Å². The lowest BCUT2D eigenvalue weighted by Crippen LogP contribution is -2.24. The van der Waals surface area contributed by atoms with E-state index in [0.29, 0.717) is 17.7 Å². The van der Waals surface area contributed by atoms with Gasteiger partial charge in [-0.1, -0.05) is 48.0 Å². The van der Waals surface area contributed by atoms with E-state index in [0.717, 1.165) is 17.7 Å². The highest BCUT2D eigenvalue weighted by molar-refractivity contribution is 5.72. The van der Waals surface area contributed by atoms with Crippen molar-refractivity contribution in [1.82, 2.24) is 0 Å². The molecular weight excluding hydrogens is 499 g/mol. The summed E-state index contributed by atoms with van der Waals surface area (Å²) in [5.74, 6) is -13.9. The molecule has 0 aliphatic carbocycles. The minimum Gasteiger partial charge on any atom is -0.429 e. The number of rotatable bonds is 5. The number of aryl methyl sites for hydroxylation is 1. The molecule has 36 heavy (non-hydrogen) atoms. The lowest BCUT2D eigenvalue weighted by atomic mass is 9.97. The number of halogens is 9. The van der Waals surface area contributed by atoms with Gasteiger partial charge in [0.25, 0.3) is 0 Å². The fourth-order valence-corrected chi connectivity index (χ4v) is 3.49. The van der Waals surface area contributed by atoms with Crippen LogP contribution < -0.4 is 4.74 Å². The topological polar surface area (TPSA) is 9.23 Å².